The van der Waals surface area contributed by atoms with Crippen molar-refractivity contribution >= 4 is 23.2 Å². The minimum Gasteiger partial charge on any atom is -0.387 e. The third-order valence-corrected chi connectivity index (χ3v) is 4.26. The van der Waals surface area contributed by atoms with Gasteiger partial charge in [-0.1, -0.05) is 29.3 Å². The molecule has 1 aromatic rings. The van der Waals surface area contributed by atoms with Gasteiger partial charge in [0.15, 0.2) is 0 Å². The summed E-state index contributed by atoms with van der Waals surface area (Å²) in [6, 6.07) is 5.23. The molecule has 112 valence electrons. The molecule has 1 saturated heterocycles. The fourth-order valence-corrected chi connectivity index (χ4v) is 3.18. The Bertz CT molecular complexity index is 445. The van der Waals surface area contributed by atoms with Gasteiger partial charge in [-0.25, -0.2) is 0 Å². The maximum Gasteiger partial charge on any atom is 0.0943 e. The lowest BCUT2D eigenvalue weighted by atomic mass is 10.1. The molecule has 0 saturated carbocycles. The third kappa shape index (κ3) is 4.09. The molecule has 1 heterocycles. The molecular formula is C15H21Cl2NO2. The lowest BCUT2D eigenvalue weighted by Crippen LogP contribution is -2.32. The van der Waals surface area contributed by atoms with Crippen molar-refractivity contribution in [3.8, 4) is 0 Å². The Hall–Kier alpha value is -0.320. The van der Waals surface area contributed by atoms with E-state index in [4.69, 9.17) is 27.9 Å². The summed E-state index contributed by atoms with van der Waals surface area (Å²) in [4.78, 5) is 0. The molecule has 2 N–H and O–H groups in total. The molecule has 1 fully saturated rings. The fourth-order valence-electron chi connectivity index (χ4n) is 2.53. The number of rotatable bonds is 5. The van der Waals surface area contributed by atoms with Gasteiger partial charge in [-0.05, 0) is 38.8 Å². The zero-order valence-electron chi connectivity index (χ0n) is 11.8. The minimum atomic E-state index is -0.717. The maximum atomic E-state index is 10.2. The van der Waals surface area contributed by atoms with Crippen molar-refractivity contribution < 1.29 is 9.84 Å². The maximum absolute atomic E-state index is 10.2. The molecule has 20 heavy (non-hydrogen) atoms. The lowest BCUT2D eigenvalue weighted by molar-refractivity contribution is -0.0150. The van der Waals surface area contributed by atoms with Gasteiger partial charge in [0.05, 0.1) is 17.8 Å². The normalized spacial score (nSPS) is 22.9. The summed E-state index contributed by atoms with van der Waals surface area (Å²) in [5.74, 6) is 0. The second-order valence-electron chi connectivity index (χ2n) is 5.85. The van der Waals surface area contributed by atoms with Gasteiger partial charge in [0.2, 0.25) is 0 Å². The Morgan fingerprint density at radius 2 is 2.05 bits per heavy atom. The van der Waals surface area contributed by atoms with Crippen LogP contribution >= 0.6 is 23.2 Å². The van der Waals surface area contributed by atoms with Gasteiger partial charge in [0, 0.05) is 28.7 Å². The molecule has 0 bridgehead atoms. The molecule has 0 aliphatic carbocycles. The first-order chi connectivity index (χ1) is 9.39. The van der Waals surface area contributed by atoms with Gasteiger partial charge in [-0.2, -0.15) is 0 Å². The molecular weight excluding hydrogens is 297 g/mol. The summed E-state index contributed by atoms with van der Waals surface area (Å²) in [6.45, 7) is 5.34. The average Bonchev–Trinajstić information content (AvgIpc) is 2.69. The van der Waals surface area contributed by atoms with Gasteiger partial charge >= 0.3 is 0 Å². The van der Waals surface area contributed by atoms with E-state index in [1.54, 1.807) is 18.2 Å². The fraction of sp³-hybridized carbons (Fsp3) is 0.600. The van der Waals surface area contributed by atoms with Crippen LogP contribution in [0.3, 0.4) is 0 Å². The molecule has 3 nitrogen and oxygen atoms in total. The van der Waals surface area contributed by atoms with E-state index in [-0.39, 0.29) is 11.7 Å². The van der Waals surface area contributed by atoms with Gasteiger partial charge in [0.1, 0.15) is 0 Å². The Labute approximate surface area is 130 Å². The molecule has 0 aromatic heterocycles. The van der Waals surface area contributed by atoms with Crippen molar-refractivity contribution in [1.29, 1.82) is 0 Å². The zero-order chi connectivity index (χ0) is 14.8. The van der Waals surface area contributed by atoms with Crippen molar-refractivity contribution in [2.45, 2.75) is 44.5 Å². The summed E-state index contributed by atoms with van der Waals surface area (Å²) in [7, 11) is 0. The largest absolute Gasteiger partial charge is 0.387 e. The highest BCUT2D eigenvalue weighted by Gasteiger charge is 2.31. The van der Waals surface area contributed by atoms with E-state index in [1.807, 2.05) is 0 Å². The number of hydrogen-bond donors (Lipinski definition) is 2. The Kier molecular flexibility index (Phi) is 5.32. The summed E-state index contributed by atoms with van der Waals surface area (Å²) in [5.41, 5.74) is 0.549. The molecule has 2 rings (SSSR count). The van der Waals surface area contributed by atoms with Crippen LogP contribution in [0, 0.1) is 0 Å². The summed E-state index contributed by atoms with van der Waals surface area (Å²) in [5, 5.41) is 14.4. The van der Waals surface area contributed by atoms with Crippen LogP contribution in [0.25, 0.3) is 0 Å². The van der Waals surface area contributed by atoms with Gasteiger partial charge < -0.3 is 15.2 Å². The summed E-state index contributed by atoms with van der Waals surface area (Å²) < 4.78 is 5.89. The summed E-state index contributed by atoms with van der Waals surface area (Å²) >= 11 is 12.1. The van der Waals surface area contributed by atoms with E-state index in [2.05, 4.69) is 19.2 Å². The van der Waals surface area contributed by atoms with Crippen molar-refractivity contribution in [3.05, 3.63) is 33.8 Å². The average molecular weight is 318 g/mol. The van der Waals surface area contributed by atoms with Gasteiger partial charge in [-0.3, -0.25) is 0 Å². The molecule has 2 atom stereocenters. The van der Waals surface area contributed by atoms with E-state index < -0.39 is 6.10 Å². The second kappa shape index (κ2) is 6.63. The van der Waals surface area contributed by atoms with Crippen LogP contribution in [0.1, 0.15) is 38.4 Å². The Morgan fingerprint density at radius 3 is 2.60 bits per heavy atom. The van der Waals surface area contributed by atoms with Crippen LogP contribution in [0.4, 0.5) is 0 Å². The predicted octanol–water partition coefficient (Wildman–Crippen LogP) is 3.57. The first kappa shape index (κ1) is 16.1. The molecule has 0 amide bonds. The Balaban J connectivity index is 1.83. The molecule has 1 aliphatic rings. The first-order valence-electron chi connectivity index (χ1n) is 6.89. The molecule has 1 unspecified atom stereocenters. The quantitative estimate of drug-likeness (QED) is 0.872. The highest BCUT2D eigenvalue weighted by Crippen LogP contribution is 2.31. The van der Waals surface area contributed by atoms with Crippen LogP contribution < -0.4 is 5.32 Å². The highest BCUT2D eigenvalue weighted by atomic mass is 35.5. The van der Waals surface area contributed by atoms with E-state index in [0.29, 0.717) is 22.2 Å². The van der Waals surface area contributed by atoms with E-state index in [9.17, 15) is 5.11 Å². The van der Waals surface area contributed by atoms with Crippen LogP contribution in [0.15, 0.2) is 18.2 Å². The van der Waals surface area contributed by atoms with Crippen LogP contribution in [0.2, 0.25) is 10.0 Å². The monoisotopic (exact) mass is 317 g/mol. The Morgan fingerprint density at radius 1 is 1.40 bits per heavy atom. The molecule has 1 aromatic carbocycles. The molecule has 0 radical (unpaired) electrons. The number of aliphatic hydroxyl groups excluding tert-OH is 1. The topological polar surface area (TPSA) is 41.5 Å². The molecule has 1 aliphatic heterocycles. The number of benzene rings is 1. The van der Waals surface area contributed by atoms with E-state index in [0.717, 1.165) is 19.4 Å². The molecule has 0 spiro atoms. The number of hydrogen-bond acceptors (Lipinski definition) is 3. The van der Waals surface area contributed by atoms with Gasteiger partial charge in [0.25, 0.3) is 0 Å². The van der Waals surface area contributed by atoms with Crippen molar-refractivity contribution in [1.82, 2.24) is 5.32 Å². The SMILES string of the molecule is CC1(C)CC[C@H](CNCC(O)c2c(Cl)cccc2Cl)O1. The van der Waals surface area contributed by atoms with Crippen LogP contribution in [0.5, 0.6) is 0 Å². The summed E-state index contributed by atoms with van der Waals surface area (Å²) in [6.07, 6.45) is 1.60. The smallest absolute Gasteiger partial charge is 0.0943 e. The number of aliphatic hydroxyl groups is 1. The third-order valence-electron chi connectivity index (χ3n) is 3.60. The number of halogens is 2. The first-order valence-corrected chi connectivity index (χ1v) is 7.65. The van der Waals surface area contributed by atoms with Crippen LogP contribution in [-0.2, 0) is 4.74 Å². The zero-order valence-corrected chi connectivity index (χ0v) is 13.3. The number of nitrogens with one attached hydrogen (secondary N) is 1. The van der Waals surface area contributed by atoms with E-state index >= 15 is 0 Å². The highest BCUT2D eigenvalue weighted by molar-refractivity contribution is 6.36. The van der Waals surface area contributed by atoms with Crippen molar-refractivity contribution in [3.63, 3.8) is 0 Å². The van der Waals surface area contributed by atoms with Crippen molar-refractivity contribution in [2.24, 2.45) is 0 Å². The van der Waals surface area contributed by atoms with Crippen molar-refractivity contribution in [2.75, 3.05) is 13.1 Å². The van der Waals surface area contributed by atoms with E-state index in [1.165, 1.54) is 0 Å². The standard InChI is InChI=1S/C15H21Cl2NO2/c1-15(2)7-6-10(20-15)8-18-9-13(19)14-11(16)4-3-5-12(14)17/h3-5,10,13,18-19H,6-9H2,1-2H3/t10-,13?/m1/s1. The molecule has 5 heteroatoms. The second-order valence-corrected chi connectivity index (χ2v) is 6.66. The lowest BCUT2D eigenvalue weighted by Gasteiger charge is -2.20. The van der Waals surface area contributed by atoms with Crippen LogP contribution in [-0.4, -0.2) is 29.9 Å². The minimum absolute atomic E-state index is 0.0307. The van der Waals surface area contributed by atoms with Gasteiger partial charge in [-0.15, -0.1) is 0 Å². The predicted molar refractivity (Wildman–Crippen MR) is 82.5 cm³/mol. The number of ether oxygens (including phenoxy) is 1.